The number of ether oxygens (including phenoxy) is 3. The maximum absolute atomic E-state index is 12.6. The van der Waals surface area contributed by atoms with Crippen molar-refractivity contribution in [3.05, 3.63) is 0 Å². The number of carbonyl (C=O) groups is 3. The van der Waals surface area contributed by atoms with Crippen LogP contribution in [0.4, 0.5) is 0 Å². The Hall–Kier alpha value is -1.59. The third-order valence-electron chi connectivity index (χ3n) is 11.8. The van der Waals surface area contributed by atoms with Gasteiger partial charge in [0.2, 0.25) is 0 Å². The Morgan fingerprint density at radius 3 is 2.08 bits per heavy atom. The minimum absolute atomic E-state index is 0.00857. The molecule has 1 heterocycles. The zero-order chi connectivity index (χ0) is 27.6. The summed E-state index contributed by atoms with van der Waals surface area (Å²) in [7, 11) is 0. The van der Waals surface area contributed by atoms with E-state index >= 15 is 0 Å². The van der Waals surface area contributed by atoms with Crippen LogP contribution in [0.2, 0.25) is 0 Å². The molecule has 1 saturated heterocycles. The predicted octanol–water partition coefficient (Wildman–Crippen LogP) is 6.49. The van der Waals surface area contributed by atoms with Gasteiger partial charge in [-0.3, -0.25) is 14.4 Å². The van der Waals surface area contributed by atoms with Crippen LogP contribution in [0, 0.1) is 52.3 Å². The lowest BCUT2D eigenvalue weighted by molar-refractivity contribution is -0.206. The number of hydrogen-bond donors (Lipinski definition) is 0. The van der Waals surface area contributed by atoms with Gasteiger partial charge in [-0.25, -0.2) is 0 Å². The third kappa shape index (κ3) is 4.70. The van der Waals surface area contributed by atoms with E-state index in [4.69, 9.17) is 14.2 Å². The van der Waals surface area contributed by atoms with Crippen molar-refractivity contribution in [1.82, 2.24) is 0 Å². The Morgan fingerprint density at radius 1 is 0.974 bits per heavy atom. The Kier molecular flexibility index (Phi) is 7.21. The lowest BCUT2D eigenvalue weighted by Crippen LogP contribution is -2.58. The zero-order valence-corrected chi connectivity index (χ0v) is 24.7. The lowest BCUT2D eigenvalue weighted by Gasteiger charge is -2.61. The molecule has 0 radical (unpaired) electrons. The molecule has 6 saturated carbocycles. The van der Waals surface area contributed by atoms with E-state index in [-0.39, 0.29) is 58.4 Å². The number of fused-ring (bicyclic) bond motifs is 1. The minimum atomic E-state index is -0.362. The molecule has 0 N–H and O–H groups in total. The third-order valence-corrected chi connectivity index (χ3v) is 11.8. The van der Waals surface area contributed by atoms with Crippen LogP contribution in [0.1, 0.15) is 113 Å². The molecule has 0 spiro atoms. The van der Waals surface area contributed by atoms with Gasteiger partial charge in [-0.1, -0.05) is 20.8 Å². The summed E-state index contributed by atoms with van der Waals surface area (Å²) in [5.74, 6) is 3.12. The van der Waals surface area contributed by atoms with Gasteiger partial charge in [-0.05, 0) is 110 Å². The molecule has 0 aromatic heterocycles. The molecule has 7 aliphatic rings. The van der Waals surface area contributed by atoms with Crippen molar-refractivity contribution in [2.45, 2.75) is 130 Å². The number of hydrogen-bond acceptors (Lipinski definition) is 6. The summed E-state index contributed by atoms with van der Waals surface area (Å²) in [5.41, 5.74) is -0.423. The van der Waals surface area contributed by atoms with Crippen LogP contribution >= 0.6 is 0 Å². The molecule has 6 nitrogen and oxygen atoms in total. The van der Waals surface area contributed by atoms with Crippen LogP contribution in [0.3, 0.4) is 0 Å². The van der Waals surface area contributed by atoms with Gasteiger partial charge < -0.3 is 14.2 Å². The molecular weight excluding hydrogens is 480 g/mol. The summed E-state index contributed by atoms with van der Waals surface area (Å²) >= 11 is 0. The van der Waals surface area contributed by atoms with E-state index < -0.39 is 0 Å². The topological polar surface area (TPSA) is 78.9 Å². The molecule has 6 bridgehead atoms. The van der Waals surface area contributed by atoms with Gasteiger partial charge in [0.15, 0.2) is 0 Å². The van der Waals surface area contributed by atoms with E-state index in [1.807, 2.05) is 27.7 Å². The Bertz CT molecular complexity index is 914. The minimum Gasteiger partial charge on any atom is -0.459 e. The van der Waals surface area contributed by atoms with Crippen molar-refractivity contribution in [3.8, 4) is 0 Å². The summed E-state index contributed by atoms with van der Waals surface area (Å²) in [6.07, 6.45) is 11.3. The van der Waals surface area contributed by atoms with Gasteiger partial charge in [-0.2, -0.15) is 0 Å². The maximum atomic E-state index is 12.6. The fourth-order valence-electron chi connectivity index (χ4n) is 8.95. The summed E-state index contributed by atoms with van der Waals surface area (Å²) in [5, 5.41) is 0. The second kappa shape index (κ2) is 9.80. The lowest BCUT2D eigenvalue weighted by atomic mass is 9.46. The zero-order valence-electron chi connectivity index (χ0n) is 24.7. The van der Waals surface area contributed by atoms with Gasteiger partial charge >= 0.3 is 17.9 Å². The van der Waals surface area contributed by atoms with E-state index in [1.54, 1.807) is 0 Å². The van der Waals surface area contributed by atoms with Gasteiger partial charge in [0.25, 0.3) is 0 Å². The molecular formula is C32H50O6. The molecule has 6 heteroatoms. The van der Waals surface area contributed by atoms with Crippen LogP contribution in [0.25, 0.3) is 0 Å². The second-order valence-electron chi connectivity index (χ2n) is 14.9. The fraction of sp³-hybridized carbons (Fsp3) is 0.906. The number of esters is 3. The number of rotatable bonds is 7. The second-order valence-corrected chi connectivity index (χ2v) is 14.9. The molecule has 6 unspecified atom stereocenters. The summed E-state index contributed by atoms with van der Waals surface area (Å²) in [6, 6.07) is 0. The predicted molar refractivity (Wildman–Crippen MR) is 144 cm³/mol. The van der Waals surface area contributed by atoms with Crippen LogP contribution in [-0.2, 0) is 28.6 Å². The summed E-state index contributed by atoms with van der Waals surface area (Å²) < 4.78 is 17.0. The van der Waals surface area contributed by atoms with Crippen molar-refractivity contribution >= 4 is 17.9 Å². The van der Waals surface area contributed by atoms with E-state index in [0.717, 1.165) is 43.4 Å². The van der Waals surface area contributed by atoms with Crippen molar-refractivity contribution in [2.75, 3.05) is 0 Å². The normalized spacial score (nSPS) is 40.9. The summed E-state index contributed by atoms with van der Waals surface area (Å²) in [6.45, 7) is 14.3. The first kappa shape index (κ1) is 28.0. The molecule has 6 atom stereocenters. The average Bonchev–Trinajstić information content (AvgIpc) is 3.48. The number of carbonyl (C=O) groups excluding carboxylic acids is 3. The quantitative estimate of drug-likeness (QED) is 0.277. The van der Waals surface area contributed by atoms with Crippen LogP contribution in [0.15, 0.2) is 0 Å². The highest BCUT2D eigenvalue weighted by molar-refractivity contribution is 5.77. The Labute approximate surface area is 229 Å². The molecule has 7 rings (SSSR count). The molecule has 0 aromatic rings. The van der Waals surface area contributed by atoms with Crippen LogP contribution in [-0.4, -0.2) is 35.7 Å². The largest absolute Gasteiger partial charge is 0.459 e. The fourth-order valence-corrected chi connectivity index (χ4v) is 8.95. The van der Waals surface area contributed by atoms with Crippen molar-refractivity contribution in [3.63, 3.8) is 0 Å². The molecule has 38 heavy (non-hydrogen) atoms. The van der Waals surface area contributed by atoms with Crippen molar-refractivity contribution < 1.29 is 28.6 Å². The van der Waals surface area contributed by atoms with Gasteiger partial charge in [0, 0.05) is 17.3 Å². The van der Waals surface area contributed by atoms with E-state index in [1.165, 1.54) is 38.5 Å². The first-order valence-electron chi connectivity index (χ1n) is 15.4. The van der Waals surface area contributed by atoms with Gasteiger partial charge in [0.1, 0.15) is 17.8 Å². The standard InChI is InChI=1S/C19H32O2.C13H18O4/c1-6-17(2,3)16(20)21-18(4,5)19-10-13-7-14(11-19)9-15(8-13)12-19;1-3-6(2)12(14)16-10-7-4-8-9(5-7)13(15)17-11(8)10/h13-15H,6-12H2,1-5H3;6-11H,3-5H2,1-2H3. The highest BCUT2D eigenvalue weighted by Gasteiger charge is 2.63. The first-order chi connectivity index (χ1) is 17.8. The van der Waals surface area contributed by atoms with Crippen LogP contribution in [0.5, 0.6) is 0 Å². The van der Waals surface area contributed by atoms with E-state index in [0.29, 0.717) is 11.8 Å². The highest BCUT2D eigenvalue weighted by Crippen LogP contribution is 2.64. The average molecular weight is 531 g/mol. The van der Waals surface area contributed by atoms with Crippen molar-refractivity contribution in [1.29, 1.82) is 0 Å². The van der Waals surface area contributed by atoms with Gasteiger partial charge in [0.05, 0.1) is 17.3 Å². The monoisotopic (exact) mass is 530 g/mol. The smallest absolute Gasteiger partial charge is 0.312 e. The molecule has 6 aliphatic carbocycles. The van der Waals surface area contributed by atoms with Crippen LogP contribution < -0.4 is 0 Å². The highest BCUT2D eigenvalue weighted by atomic mass is 16.6. The Balaban J connectivity index is 0.000000158. The SMILES string of the molecule is CCC(C)(C)C(=O)OC(C)(C)C12CC3CC(CC(C3)C1)C2.CCC(C)C(=O)OC1C2CC3C(=O)OC1C3C2. The maximum Gasteiger partial charge on any atom is 0.312 e. The molecule has 0 aromatic carbocycles. The summed E-state index contributed by atoms with van der Waals surface area (Å²) in [4.78, 5) is 35.9. The molecule has 1 aliphatic heterocycles. The molecule has 0 amide bonds. The first-order valence-corrected chi connectivity index (χ1v) is 15.4. The molecule has 214 valence electrons. The Morgan fingerprint density at radius 2 is 1.55 bits per heavy atom. The van der Waals surface area contributed by atoms with Crippen molar-refractivity contribution in [2.24, 2.45) is 52.3 Å². The van der Waals surface area contributed by atoms with E-state index in [9.17, 15) is 14.4 Å². The van der Waals surface area contributed by atoms with E-state index in [2.05, 4.69) is 20.8 Å². The van der Waals surface area contributed by atoms with Gasteiger partial charge in [-0.15, -0.1) is 0 Å². The molecule has 7 fully saturated rings.